The van der Waals surface area contributed by atoms with Gasteiger partial charge in [0.1, 0.15) is 5.75 Å². The number of benzene rings is 1. The smallest absolute Gasteiger partial charge is 0.118 e. The van der Waals surface area contributed by atoms with E-state index in [0.29, 0.717) is 6.04 Å². The molecule has 3 nitrogen and oxygen atoms in total. The molecule has 1 atom stereocenters. The van der Waals surface area contributed by atoms with Crippen LogP contribution in [0.3, 0.4) is 0 Å². The molecule has 1 aromatic carbocycles. The highest BCUT2D eigenvalue weighted by Gasteiger charge is 2.10. The molecule has 1 aromatic heterocycles. The number of hydrogen-bond acceptors (Lipinski definition) is 3. The average Bonchev–Trinajstić information content (AvgIpc) is 2.52. The molecule has 0 aliphatic carbocycles. The summed E-state index contributed by atoms with van der Waals surface area (Å²) in [7, 11) is 1.69. The second kappa shape index (κ2) is 7.65. The van der Waals surface area contributed by atoms with Crippen molar-refractivity contribution < 1.29 is 4.74 Å². The fourth-order valence-electron chi connectivity index (χ4n) is 2.33. The maximum absolute atomic E-state index is 5.21. The summed E-state index contributed by atoms with van der Waals surface area (Å²) in [5, 5.41) is 3.55. The van der Waals surface area contributed by atoms with Crippen LogP contribution in [0.5, 0.6) is 5.75 Å². The van der Waals surface area contributed by atoms with Gasteiger partial charge in [0.2, 0.25) is 0 Å². The Balaban J connectivity index is 2.02. The molecular weight excluding hydrogens is 248 g/mol. The number of ether oxygens (including phenoxy) is 1. The van der Waals surface area contributed by atoms with Crippen molar-refractivity contribution in [2.45, 2.75) is 25.8 Å². The van der Waals surface area contributed by atoms with Crippen LogP contribution < -0.4 is 10.1 Å². The molecule has 106 valence electrons. The lowest BCUT2D eigenvalue weighted by Crippen LogP contribution is -2.21. The van der Waals surface area contributed by atoms with Gasteiger partial charge in [-0.3, -0.25) is 4.98 Å². The molecule has 0 aliphatic heterocycles. The number of aryl methyl sites for hydroxylation is 1. The molecule has 1 heterocycles. The SMILES string of the molecule is CCNC(CCc1ccncc1)c1ccc(OC)cc1. The van der Waals surface area contributed by atoms with Crippen molar-refractivity contribution in [2.75, 3.05) is 13.7 Å². The summed E-state index contributed by atoms with van der Waals surface area (Å²) in [5.41, 5.74) is 2.64. The zero-order valence-corrected chi connectivity index (χ0v) is 12.2. The number of hydrogen-bond donors (Lipinski definition) is 1. The fourth-order valence-corrected chi connectivity index (χ4v) is 2.33. The van der Waals surface area contributed by atoms with E-state index in [-0.39, 0.29) is 0 Å². The Kier molecular flexibility index (Phi) is 5.56. The Morgan fingerprint density at radius 2 is 1.80 bits per heavy atom. The van der Waals surface area contributed by atoms with Gasteiger partial charge in [-0.25, -0.2) is 0 Å². The quantitative estimate of drug-likeness (QED) is 0.837. The average molecular weight is 270 g/mol. The number of pyridine rings is 1. The normalized spacial score (nSPS) is 12.1. The molecule has 0 aliphatic rings. The molecule has 2 rings (SSSR count). The van der Waals surface area contributed by atoms with Crippen LogP contribution in [0.15, 0.2) is 48.8 Å². The second-order valence-corrected chi connectivity index (χ2v) is 4.78. The first-order valence-corrected chi connectivity index (χ1v) is 7.09. The topological polar surface area (TPSA) is 34.2 Å². The van der Waals surface area contributed by atoms with E-state index in [4.69, 9.17) is 4.74 Å². The minimum absolute atomic E-state index is 0.374. The molecule has 0 fully saturated rings. The molecule has 0 saturated heterocycles. The minimum Gasteiger partial charge on any atom is -0.497 e. The third kappa shape index (κ3) is 4.07. The van der Waals surface area contributed by atoms with E-state index in [1.165, 1.54) is 11.1 Å². The van der Waals surface area contributed by atoms with Crippen LogP contribution >= 0.6 is 0 Å². The Bertz CT molecular complexity index is 496. The summed E-state index contributed by atoms with van der Waals surface area (Å²) < 4.78 is 5.21. The summed E-state index contributed by atoms with van der Waals surface area (Å²) in [4.78, 5) is 4.06. The van der Waals surface area contributed by atoms with Crippen molar-refractivity contribution >= 4 is 0 Å². The zero-order valence-electron chi connectivity index (χ0n) is 12.2. The van der Waals surface area contributed by atoms with Gasteiger partial charge >= 0.3 is 0 Å². The predicted molar refractivity (Wildman–Crippen MR) is 82.0 cm³/mol. The van der Waals surface area contributed by atoms with Crippen LogP contribution in [0.25, 0.3) is 0 Å². The number of nitrogens with one attached hydrogen (secondary N) is 1. The van der Waals surface area contributed by atoms with Gasteiger partial charge in [0.25, 0.3) is 0 Å². The summed E-state index contributed by atoms with van der Waals surface area (Å²) in [6.45, 7) is 3.11. The van der Waals surface area contributed by atoms with E-state index in [9.17, 15) is 0 Å². The van der Waals surface area contributed by atoms with Gasteiger partial charge in [-0.2, -0.15) is 0 Å². The molecule has 20 heavy (non-hydrogen) atoms. The molecule has 3 heteroatoms. The predicted octanol–water partition coefficient (Wildman–Crippen LogP) is 3.37. The standard InChI is InChI=1S/C17H22N2O/c1-3-19-17(9-4-14-10-12-18-13-11-14)15-5-7-16(20-2)8-6-15/h5-8,10-13,17,19H,3-4,9H2,1-2H3. The van der Waals surface area contributed by atoms with Gasteiger partial charge in [0.15, 0.2) is 0 Å². The van der Waals surface area contributed by atoms with Gasteiger partial charge in [0, 0.05) is 18.4 Å². The summed E-state index contributed by atoms with van der Waals surface area (Å²) >= 11 is 0. The number of aromatic nitrogens is 1. The Morgan fingerprint density at radius 3 is 2.40 bits per heavy atom. The maximum Gasteiger partial charge on any atom is 0.118 e. The van der Waals surface area contributed by atoms with Gasteiger partial charge in [-0.15, -0.1) is 0 Å². The monoisotopic (exact) mass is 270 g/mol. The van der Waals surface area contributed by atoms with E-state index in [1.807, 2.05) is 24.5 Å². The molecule has 0 bridgehead atoms. The molecule has 1 unspecified atom stereocenters. The molecular formula is C17H22N2O. The van der Waals surface area contributed by atoms with Gasteiger partial charge in [-0.05, 0) is 54.8 Å². The van der Waals surface area contributed by atoms with Crippen LogP contribution in [0.1, 0.15) is 30.5 Å². The van der Waals surface area contributed by atoms with Crippen LogP contribution in [0, 0.1) is 0 Å². The van der Waals surface area contributed by atoms with Gasteiger partial charge in [-0.1, -0.05) is 19.1 Å². The summed E-state index contributed by atoms with van der Waals surface area (Å²) in [6.07, 6.45) is 5.83. The van der Waals surface area contributed by atoms with Crippen molar-refractivity contribution in [3.05, 3.63) is 59.9 Å². The molecule has 0 spiro atoms. The minimum atomic E-state index is 0.374. The zero-order chi connectivity index (χ0) is 14.2. The van der Waals surface area contributed by atoms with Crippen LogP contribution in [-0.2, 0) is 6.42 Å². The first kappa shape index (κ1) is 14.5. The number of rotatable bonds is 7. The van der Waals surface area contributed by atoms with Crippen molar-refractivity contribution in [1.82, 2.24) is 10.3 Å². The largest absolute Gasteiger partial charge is 0.497 e. The Hall–Kier alpha value is -1.87. The van der Waals surface area contributed by atoms with Crippen LogP contribution in [0.4, 0.5) is 0 Å². The van der Waals surface area contributed by atoms with E-state index < -0.39 is 0 Å². The number of nitrogens with zero attached hydrogens (tertiary/aromatic N) is 1. The summed E-state index contributed by atoms with van der Waals surface area (Å²) in [5.74, 6) is 0.901. The van der Waals surface area contributed by atoms with Crippen molar-refractivity contribution in [3.8, 4) is 5.75 Å². The molecule has 0 radical (unpaired) electrons. The summed E-state index contributed by atoms with van der Waals surface area (Å²) in [6, 6.07) is 12.9. The van der Waals surface area contributed by atoms with E-state index in [1.54, 1.807) is 7.11 Å². The first-order chi connectivity index (χ1) is 9.83. The van der Waals surface area contributed by atoms with Crippen LogP contribution in [-0.4, -0.2) is 18.6 Å². The first-order valence-electron chi connectivity index (χ1n) is 7.09. The molecule has 1 N–H and O–H groups in total. The highest BCUT2D eigenvalue weighted by atomic mass is 16.5. The lowest BCUT2D eigenvalue weighted by atomic mass is 9.99. The van der Waals surface area contributed by atoms with Gasteiger partial charge < -0.3 is 10.1 Å². The van der Waals surface area contributed by atoms with E-state index in [2.05, 4.69) is 41.5 Å². The maximum atomic E-state index is 5.21. The highest BCUT2D eigenvalue weighted by molar-refractivity contribution is 5.29. The van der Waals surface area contributed by atoms with E-state index >= 15 is 0 Å². The lowest BCUT2D eigenvalue weighted by Gasteiger charge is -2.18. The highest BCUT2D eigenvalue weighted by Crippen LogP contribution is 2.21. The molecule has 2 aromatic rings. The molecule has 0 amide bonds. The van der Waals surface area contributed by atoms with Crippen LogP contribution in [0.2, 0.25) is 0 Å². The fraction of sp³-hybridized carbons (Fsp3) is 0.353. The second-order valence-electron chi connectivity index (χ2n) is 4.78. The van der Waals surface area contributed by atoms with Crippen molar-refractivity contribution in [3.63, 3.8) is 0 Å². The van der Waals surface area contributed by atoms with Crippen molar-refractivity contribution in [2.24, 2.45) is 0 Å². The lowest BCUT2D eigenvalue weighted by molar-refractivity contribution is 0.414. The van der Waals surface area contributed by atoms with Gasteiger partial charge in [0.05, 0.1) is 7.11 Å². The van der Waals surface area contributed by atoms with E-state index in [0.717, 1.165) is 25.1 Å². The third-order valence-electron chi connectivity index (χ3n) is 3.44. The van der Waals surface area contributed by atoms with Crippen molar-refractivity contribution in [1.29, 1.82) is 0 Å². The number of methoxy groups -OCH3 is 1. The third-order valence-corrected chi connectivity index (χ3v) is 3.44. The Labute approximate surface area is 121 Å². The Morgan fingerprint density at radius 1 is 1.10 bits per heavy atom. The molecule has 0 saturated carbocycles.